The van der Waals surface area contributed by atoms with Crippen molar-refractivity contribution in [2.45, 2.75) is 57.9 Å². The largest absolute Gasteiger partial charge is 0.321 e. The average molecular weight is 243 g/mol. The fourth-order valence-corrected chi connectivity index (χ4v) is 3.84. The summed E-state index contributed by atoms with van der Waals surface area (Å²) in [7, 11) is 0. The van der Waals surface area contributed by atoms with Crippen LogP contribution in [0.3, 0.4) is 0 Å². The Balaban J connectivity index is 1.90. The van der Waals surface area contributed by atoms with Crippen molar-refractivity contribution in [1.29, 1.82) is 0 Å². The molecule has 0 heterocycles. The van der Waals surface area contributed by atoms with E-state index in [2.05, 4.69) is 32.0 Å². The van der Waals surface area contributed by atoms with Crippen LogP contribution in [0.2, 0.25) is 0 Å². The van der Waals surface area contributed by atoms with Gasteiger partial charge >= 0.3 is 0 Å². The van der Waals surface area contributed by atoms with Gasteiger partial charge in [-0.05, 0) is 62.5 Å². The molecule has 1 aromatic rings. The van der Waals surface area contributed by atoms with Crippen LogP contribution in [-0.4, -0.2) is 0 Å². The maximum Gasteiger partial charge on any atom is 0.0415 e. The molecule has 2 aliphatic rings. The summed E-state index contributed by atoms with van der Waals surface area (Å²) in [4.78, 5) is 0. The quantitative estimate of drug-likeness (QED) is 0.833. The van der Waals surface area contributed by atoms with Gasteiger partial charge in [-0.15, -0.1) is 0 Å². The normalized spacial score (nSPS) is 32.5. The van der Waals surface area contributed by atoms with Crippen molar-refractivity contribution in [3.8, 4) is 0 Å². The molecule has 18 heavy (non-hydrogen) atoms. The van der Waals surface area contributed by atoms with E-state index in [-0.39, 0.29) is 5.54 Å². The number of hydrogen-bond acceptors (Lipinski definition) is 1. The number of aryl methyl sites for hydroxylation is 2. The Labute approximate surface area is 111 Å². The third-order valence-electron chi connectivity index (χ3n) is 5.04. The minimum atomic E-state index is -0.0540. The van der Waals surface area contributed by atoms with Crippen molar-refractivity contribution in [3.63, 3.8) is 0 Å². The van der Waals surface area contributed by atoms with Crippen molar-refractivity contribution in [2.75, 3.05) is 0 Å². The predicted octanol–water partition coefficient (Wildman–Crippen LogP) is 4.06. The monoisotopic (exact) mass is 243 g/mol. The second kappa shape index (κ2) is 4.38. The lowest BCUT2D eigenvalue weighted by atomic mass is 9.70. The summed E-state index contributed by atoms with van der Waals surface area (Å²) in [5.41, 5.74) is 10.9. The van der Waals surface area contributed by atoms with Gasteiger partial charge in [0.25, 0.3) is 0 Å². The van der Waals surface area contributed by atoms with Crippen LogP contribution < -0.4 is 5.73 Å². The zero-order valence-electron chi connectivity index (χ0n) is 11.7. The third kappa shape index (κ3) is 2.21. The summed E-state index contributed by atoms with van der Waals surface area (Å²) in [5, 5.41) is 0. The first-order chi connectivity index (χ1) is 8.58. The van der Waals surface area contributed by atoms with E-state index in [9.17, 15) is 0 Å². The fraction of sp³-hybridized carbons (Fsp3) is 0.647. The molecule has 1 aromatic carbocycles. The lowest BCUT2D eigenvalue weighted by molar-refractivity contribution is 0.206. The molecule has 2 N–H and O–H groups in total. The van der Waals surface area contributed by atoms with Gasteiger partial charge in [-0.1, -0.05) is 36.6 Å². The molecule has 0 saturated heterocycles. The summed E-state index contributed by atoms with van der Waals surface area (Å²) >= 11 is 0. The van der Waals surface area contributed by atoms with Crippen LogP contribution in [0.5, 0.6) is 0 Å². The first kappa shape index (κ1) is 12.2. The molecule has 0 aromatic heterocycles. The average Bonchev–Trinajstić information content (AvgIpc) is 3.16. The molecule has 0 amide bonds. The highest BCUT2D eigenvalue weighted by molar-refractivity contribution is 5.36. The van der Waals surface area contributed by atoms with Crippen LogP contribution in [0.4, 0.5) is 0 Å². The smallest absolute Gasteiger partial charge is 0.0415 e. The molecule has 3 rings (SSSR count). The van der Waals surface area contributed by atoms with E-state index in [4.69, 9.17) is 5.73 Å². The molecule has 1 nitrogen and oxygen atoms in total. The van der Waals surface area contributed by atoms with Gasteiger partial charge in [-0.25, -0.2) is 0 Å². The molecule has 0 spiro atoms. The van der Waals surface area contributed by atoms with Crippen LogP contribution in [-0.2, 0) is 5.54 Å². The minimum absolute atomic E-state index is 0.0540. The van der Waals surface area contributed by atoms with Crippen molar-refractivity contribution in [1.82, 2.24) is 0 Å². The lowest BCUT2D eigenvalue weighted by Gasteiger charge is -2.39. The van der Waals surface area contributed by atoms with Gasteiger partial charge in [-0.3, -0.25) is 0 Å². The van der Waals surface area contributed by atoms with Crippen LogP contribution in [0.1, 0.15) is 55.2 Å². The van der Waals surface area contributed by atoms with E-state index in [1.54, 1.807) is 0 Å². The molecule has 98 valence electrons. The molecule has 2 fully saturated rings. The second-order valence-electron chi connectivity index (χ2n) is 6.67. The van der Waals surface area contributed by atoms with Crippen molar-refractivity contribution >= 4 is 0 Å². The highest BCUT2D eigenvalue weighted by atomic mass is 14.8. The third-order valence-corrected chi connectivity index (χ3v) is 5.04. The number of nitrogens with two attached hydrogens (primary N) is 1. The summed E-state index contributed by atoms with van der Waals surface area (Å²) < 4.78 is 0. The van der Waals surface area contributed by atoms with Crippen LogP contribution in [0.15, 0.2) is 18.2 Å². The molecular formula is C17H25N. The molecule has 2 aliphatic carbocycles. The predicted molar refractivity (Wildman–Crippen MR) is 76.5 cm³/mol. The zero-order valence-corrected chi connectivity index (χ0v) is 11.7. The first-order valence-electron chi connectivity index (χ1n) is 7.45. The van der Waals surface area contributed by atoms with Gasteiger partial charge in [0.2, 0.25) is 0 Å². The molecule has 2 saturated carbocycles. The van der Waals surface area contributed by atoms with E-state index in [1.807, 2.05) is 0 Å². The van der Waals surface area contributed by atoms with E-state index in [0.29, 0.717) is 0 Å². The van der Waals surface area contributed by atoms with Gasteiger partial charge in [-0.2, -0.15) is 0 Å². The highest BCUT2D eigenvalue weighted by Gasteiger charge is 2.41. The Morgan fingerprint density at radius 3 is 2.61 bits per heavy atom. The maximum atomic E-state index is 6.81. The van der Waals surface area contributed by atoms with E-state index in [1.165, 1.54) is 55.2 Å². The molecule has 0 radical (unpaired) electrons. The number of rotatable bonds is 2. The van der Waals surface area contributed by atoms with Gasteiger partial charge in [0.15, 0.2) is 0 Å². The van der Waals surface area contributed by atoms with E-state index >= 15 is 0 Å². The van der Waals surface area contributed by atoms with Crippen LogP contribution in [0, 0.1) is 25.7 Å². The molecule has 2 atom stereocenters. The van der Waals surface area contributed by atoms with Crippen LogP contribution in [0.25, 0.3) is 0 Å². The summed E-state index contributed by atoms with van der Waals surface area (Å²) in [6.45, 7) is 4.39. The second-order valence-corrected chi connectivity index (χ2v) is 6.67. The molecular weight excluding hydrogens is 218 g/mol. The van der Waals surface area contributed by atoms with Crippen molar-refractivity contribution < 1.29 is 0 Å². The maximum absolute atomic E-state index is 6.81. The Kier molecular flexibility index (Phi) is 2.97. The summed E-state index contributed by atoms with van der Waals surface area (Å²) in [6.07, 6.45) is 8.00. The van der Waals surface area contributed by atoms with Crippen molar-refractivity contribution in [3.05, 3.63) is 34.9 Å². The SMILES string of the molecule is Cc1ccc(C)c(C2(N)CCCC(C3CC3)C2)c1. The molecule has 0 aliphatic heterocycles. The number of benzene rings is 1. The van der Waals surface area contributed by atoms with E-state index in [0.717, 1.165) is 11.8 Å². The topological polar surface area (TPSA) is 26.0 Å². The minimum Gasteiger partial charge on any atom is -0.321 e. The Morgan fingerprint density at radius 1 is 1.11 bits per heavy atom. The summed E-state index contributed by atoms with van der Waals surface area (Å²) in [5.74, 6) is 1.89. The number of hydrogen-bond donors (Lipinski definition) is 1. The standard InChI is InChI=1S/C17H25N/c1-12-5-6-13(2)16(10-12)17(18)9-3-4-15(11-17)14-7-8-14/h5-6,10,14-15H,3-4,7-9,11,18H2,1-2H3. The molecule has 0 bridgehead atoms. The van der Waals surface area contributed by atoms with Gasteiger partial charge in [0, 0.05) is 5.54 Å². The Morgan fingerprint density at radius 2 is 1.89 bits per heavy atom. The fourth-order valence-electron chi connectivity index (χ4n) is 3.84. The van der Waals surface area contributed by atoms with Gasteiger partial charge < -0.3 is 5.73 Å². The van der Waals surface area contributed by atoms with Crippen molar-refractivity contribution in [2.24, 2.45) is 17.6 Å². The molecule has 1 heteroatoms. The summed E-state index contributed by atoms with van der Waals surface area (Å²) in [6, 6.07) is 6.76. The van der Waals surface area contributed by atoms with Gasteiger partial charge in [0.05, 0.1) is 0 Å². The Bertz CT molecular complexity index is 447. The molecule has 2 unspecified atom stereocenters. The van der Waals surface area contributed by atoms with E-state index < -0.39 is 0 Å². The lowest BCUT2D eigenvalue weighted by Crippen LogP contribution is -2.42. The Hall–Kier alpha value is -0.820. The van der Waals surface area contributed by atoms with Gasteiger partial charge in [0.1, 0.15) is 0 Å². The van der Waals surface area contributed by atoms with Crippen LogP contribution >= 0.6 is 0 Å². The highest BCUT2D eigenvalue weighted by Crippen LogP contribution is 2.49. The first-order valence-corrected chi connectivity index (χ1v) is 7.45. The zero-order chi connectivity index (χ0) is 12.8.